The molecule has 2 atom stereocenters. The molecule has 4 heterocycles. The minimum atomic E-state index is -0.240. The molecule has 28 heavy (non-hydrogen) atoms. The molecule has 5 rings (SSSR count). The third-order valence-electron chi connectivity index (χ3n) is 6.87. The number of nitrogens with zero attached hydrogens (tertiary/aromatic N) is 1. The monoisotopic (exact) mass is 382 g/mol. The van der Waals surface area contributed by atoms with Gasteiger partial charge in [0.1, 0.15) is 5.75 Å². The number of carbonyl (C=O) groups is 1. The van der Waals surface area contributed by atoms with Gasteiger partial charge in [-0.2, -0.15) is 0 Å². The molecule has 3 aliphatic heterocycles. The number of aromatic amines is 1. The van der Waals surface area contributed by atoms with E-state index in [1.807, 2.05) is 20.8 Å². The van der Waals surface area contributed by atoms with E-state index < -0.39 is 0 Å². The Bertz CT molecular complexity index is 930. The van der Waals surface area contributed by atoms with E-state index in [4.69, 9.17) is 9.47 Å². The predicted octanol–water partition coefficient (Wildman–Crippen LogP) is 4.57. The molecule has 3 aliphatic rings. The van der Waals surface area contributed by atoms with Crippen LogP contribution in [0.2, 0.25) is 0 Å². The highest BCUT2D eigenvalue weighted by molar-refractivity contribution is 6.07. The number of aryl methyl sites for hydroxylation is 1. The van der Waals surface area contributed by atoms with Gasteiger partial charge in [-0.05, 0) is 65.0 Å². The number of piperidine rings is 2. The van der Waals surface area contributed by atoms with Crippen LogP contribution in [-0.4, -0.2) is 40.8 Å². The van der Waals surface area contributed by atoms with E-state index in [1.54, 1.807) is 0 Å². The van der Waals surface area contributed by atoms with Gasteiger partial charge in [-0.1, -0.05) is 0 Å². The first-order valence-corrected chi connectivity index (χ1v) is 10.8. The van der Waals surface area contributed by atoms with Crippen molar-refractivity contribution in [3.63, 3.8) is 0 Å². The molecule has 0 saturated carbocycles. The van der Waals surface area contributed by atoms with Crippen molar-refractivity contribution in [2.75, 3.05) is 13.1 Å². The highest BCUT2D eigenvalue weighted by atomic mass is 16.5. The van der Waals surface area contributed by atoms with Gasteiger partial charge < -0.3 is 14.5 Å². The SMILES string of the molecule is Cc1[nH]c2ccc3c(c2c1C(=O)OC(C)C)CC1CCCN2CCCCC12O3. The van der Waals surface area contributed by atoms with Crippen molar-refractivity contribution in [3.05, 3.63) is 29.0 Å². The van der Waals surface area contributed by atoms with Crippen molar-refractivity contribution < 1.29 is 14.3 Å². The van der Waals surface area contributed by atoms with E-state index >= 15 is 0 Å². The van der Waals surface area contributed by atoms with Crippen LogP contribution in [0, 0.1) is 12.8 Å². The molecule has 1 aromatic heterocycles. The molecule has 0 aliphatic carbocycles. The molecule has 0 radical (unpaired) electrons. The average Bonchev–Trinajstić information content (AvgIpc) is 3.00. The van der Waals surface area contributed by atoms with Gasteiger partial charge in [0.15, 0.2) is 5.72 Å². The Balaban J connectivity index is 1.64. The molecular formula is C23H30N2O3. The molecule has 2 unspecified atom stereocenters. The van der Waals surface area contributed by atoms with Crippen LogP contribution < -0.4 is 4.74 Å². The number of aromatic nitrogens is 1. The second-order valence-corrected chi connectivity index (χ2v) is 8.98. The van der Waals surface area contributed by atoms with E-state index in [2.05, 4.69) is 22.0 Å². The second kappa shape index (κ2) is 6.51. The van der Waals surface area contributed by atoms with Crippen LogP contribution in [0.4, 0.5) is 0 Å². The lowest BCUT2D eigenvalue weighted by Crippen LogP contribution is -2.64. The smallest absolute Gasteiger partial charge is 0.340 e. The molecule has 5 heteroatoms. The van der Waals surface area contributed by atoms with Gasteiger partial charge in [0, 0.05) is 47.6 Å². The molecule has 2 aromatic rings. The molecule has 1 aromatic carbocycles. The first kappa shape index (κ1) is 18.0. The first-order chi connectivity index (χ1) is 13.5. The Morgan fingerprint density at radius 3 is 2.93 bits per heavy atom. The summed E-state index contributed by atoms with van der Waals surface area (Å²) in [6.45, 7) is 8.03. The van der Waals surface area contributed by atoms with Crippen molar-refractivity contribution in [2.24, 2.45) is 5.92 Å². The molecule has 150 valence electrons. The summed E-state index contributed by atoms with van der Waals surface area (Å²) in [6.07, 6.45) is 6.89. The molecule has 0 bridgehead atoms. The van der Waals surface area contributed by atoms with Crippen LogP contribution in [-0.2, 0) is 11.2 Å². The number of carbonyl (C=O) groups excluding carboxylic acids is 1. The summed E-state index contributed by atoms with van der Waals surface area (Å²) < 4.78 is 12.4. The zero-order chi connectivity index (χ0) is 19.5. The Morgan fingerprint density at radius 1 is 1.29 bits per heavy atom. The quantitative estimate of drug-likeness (QED) is 0.773. The zero-order valence-electron chi connectivity index (χ0n) is 17.1. The van der Waals surface area contributed by atoms with Crippen molar-refractivity contribution in [1.82, 2.24) is 9.88 Å². The topological polar surface area (TPSA) is 54.6 Å². The lowest BCUT2D eigenvalue weighted by Gasteiger charge is -2.56. The molecule has 1 N–H and O–H groups in total. The maximum Gasteiger partial charge on any atom is 0.340 e. The number of esters is 1. The number of nitrogens with one attached hydrogen (secondary N) is 1. The minimum Gasteiger partial charge on any atom is -0.472 e. The largest absolute Gasteiger partial charge is 0.472 e. The first-order valence-electron chi connectivity index (χ1n) is 10.8. The minimum absolute atomic E-state index is 0.134. The van der Waals surface area contributed by atoms with Gasteiger partial charge in [0.2, 0.25) is 0 Å². The molecule has 1 spiro atoms. The van der Waals surface area contributed by atoms with Crippen LogP contribution in [0.25, 0.3) is 10.9 Å². The summed E-state index contributed by atoms with van der Waals surface area (Å²) in [6, 6.07) is 4.15. The summed E-state index contributed by atoms with van der Waals surface area (Å²) in [5.74, 6) is 1.20. The molecule has 5 nitrogen and oxygen atoms in total. The van der Waals surface area contributed by atoms with Crippen LogP contribution >= 0.6 is 0 Å². The summed E-state index contributed by atoms with van der Waals surface area (Å²) >= 11 is 0. The van der Waals surface area contributed by atoms with Crippen LogP contribution in [0.1, 0.15) is 67.6 Å². The van der Waals surface area contributed by atoms with E-state index in [1.165, 1.54) is 31.2 Å². The summed E-state index contributed by atoms with van der Waals surface area (Å²) in [5.41, 5.74) is 3.60. The number of fused-ring (bicyclic) bond motifs is 3. The van der Waals surface area contributed by atoms with E-state index in [0.29, 0.717) is 11.5 Å². The molecule has 0 amide bonds. The number of ether oxygens (including phenoxy) is 2. The van der Waals surface area contributed by atoms with Crippen molar-refractivity contribution in [2.45, 2.75) is 71.1 Å². The fourth-order valence-electron chi connectivity index (χ4n) is 5.74. The van der Waals surface area contributed by atoms with E-state index in [0.717, 1.165) is 48.3 Å². The van der Waals surface area contributed by atoms with Crippen molar-refractivity contribution in [3.8, 4) is 5.75 Å². The highest BCUT2D eigenvalue weighted by Gasteiger charge is 2.52. The Morgan fingerprint density at radius 2 is 2.11 bits per heavy atom. The predicted molar refractivity (Wildman–Crippen MR) is 109 cm³/mol. The summed E-state index contributed by atoms with van der Waals surface area (Å²) in [5, 5.41) is 1.00. The van der Waals surface area contributed by atoms with Crippen molar-refractivity contribution in [1.29, 1.82) is 0 Å². The van der Waals surface area contributed by atoms with Gasteiger partial charge in [-0.25, -0.2) is 4.79 Å². The average molecular weight is 383 g/mol. The maximum atomic E-state index is 12.9. The summed E-state index contributed by atoms with van der Waals surface area (Å²) in [4.78, 5) is 18.8. The lowest BCUT2D eigenvalue weighted by molar-refractivity contribution is -0.177. The zero-order valence-corrected chi connectivity index (χ0v) is 17.1. The Labute approximate surface area is 166 Å². The standard InChI is InChI=1S/C23H30N2O3/c1-14(2)27-22(26)20-15(3)24-18-8-9-19-17(21(18)20)13-16-7-6-12-25-11-5-4-10-23(16,25)28-19/h8-9,14,16,24H,4-7,10-13H2,1-3H3. The fraction of sp³-hybridized carbons (Fsp3) is 0.609. The number of hydrogen-bond donors (Lipinski definition) is 1. The van der Waals surface area contributed by atoms with Gasteiger partial charge in [-0.15, -0.1) is 0 Å². The number of H-pyrrole nitrogens is 1. The van der Waals surface area contributed by atoms with Gasteiger partial charge in [0.25, 0.3) is 0 Å². The van der Waals surface area contributed by atoms with Crippen LogP contribution in [0.15, 0.2) is 12.1 Å². The highest BCUT2D eigenvalue weighted by Crippen LogP contribution is 2.50. The normalized spacial score (nSPS) is 27.1. The summed E-state index contributed by atoms with van der Waals surface area (Å²) in [7, 11) is 0. The van der Waals surface area contributed by atoms with Gasteiger partial charge >= 0.3 is 5.97 Å². The third-order valence-corrected chi connectivity index (χ3v) is 6.87. The Kier molecular flexibility index (Phi) is 4.20. The fourth-order valence-corrected chi connectivity index (χ4v) is 5.74. The van der Waals surface area contributed by atoms with E-state index in [-0.39, 0.29) is 17.8 Å². The van der Waals surface area contributed by atoms with Crippen molar-refractivity contribution >= 4 is 16.9 Å². The number of hydrogen-bond acceptors (Lipinski definition) is 4. The number of rotatable bonds is 2. The maximum absolute atomic E-state index is 12.9. The molecule has 2 fully saturated rings. The Hall–Kier alpha value is -2.01. The molecule has 2 saturated heterocycles. The third kappa shape index (κ3) is 2.59. The second-order valence-electron chi connectivity index (χ2n) is 8.98. The lowest BCUT2D eigenvalue weighted by atomic mass is 9.74. The van der Waals surface area contributed by atoms with Gasteiger partial charge in [0.05, 0.1) is 11.7 Å². The van der Waals surface area contributed by atoms with Crippen LogP contribution in [0.3, 0.4) is 0 Å². The van der Waals surface area contributed by atoms with Gasteiger partial charge in [-0.3, -0.25) is 4.90 Å². The number of benzene rings is 1. The molecular weight excluding hydrogens is 352 g/mol. The van der Waals surface area contributed by atoms with E-state index in [9.17, 15) is 4.79 Å². The van der Waals surface area contributed by atoms with Crippen LogP contribution in [0.5, 0.6) is 5.75 Å².